The second kappa shape index (κ2) is 9.40. The van der Waals surface area contributed by atoms with E-state index in [9.17, 15) is 0 Å². The van der Waals surface area contributed by atoms with E-state index in [-0.39, 0.29) is 6.10 Å². The van der Waals surface area contributed by atoms with Crippen molar-refractivity contribution < 1.29 is 18.9 Å². The molecule has 2 aromatic carbocycles. The Morgan fingerprint density at radius 1 is 0.875 bits per heavy atom. The van der Waals surface area contributed by atoms with Crippen molar-refractivity contribution in [3.63, 3.8) is 0 Å². The first-order valence-electron chi connectivity index (χ1n) is 10.6. The van der Waals surface area contributed by atoms with Crippen molar-refractivity contribution in [2.75, 3.05) is 27.9 Å². The molecule has 8 nitrogen and oxygen atoms in total. The minimum atomic E-state index is 0.188. The van der Waals surface area contributed by atoms with E-state index < -0.39 is 0 Å². The van der Waals surface area contributed by atoms with Gasteiger partial charge in [-0.3, -0.25) is 0 Å². The fourth-order valence-corrected chi connectivity index (χ4v) is 3.68. The van der Waals surface area contributed by atoms with Gasteiger partial charge < -0.3 is 23.5 Å². The lowest BCUT2D eigenvalue weighted by molar-refractivity contribution is 0.0750. The highest BCUT2D eigenvalue weighted by Crippen LogP contribution is 2.41. The fourth-order valence-electron chi connectivity index (χ4n) is 3.68. The molecule has 0 aliphatic rings. The van der Waals surface area contributed by atoms with Gasteiger partial charge in [0.05, 0.1) is 38.5 Å². The third-order valence-corrected chi connectivity index (χ3v) is 5.16. The summed E-state index contributed by atoms with van der Waals surface area (Å²) in [5, 5.41) is 0. The molecule has 168 valence electrons. The van der Waals surface area contributed by atoms with Crippen LogP contribution in [0.3, 0.4) is 0 Å². The van der Waals surface area contributed by atoms with Crippen LogP contribution in [0.15, 0.2) is 36.4 Å². The number of hydrogen-bond donors (Lipinski definition) is 0. The van der Waals surface area contributed by atoms with E-state index in [0.717, 1.165) is 34.5 Å². The van der Waals surface area contributed by atoms with Crippen LogP contribution in [0.25, 0.3) is 33.7 Å². The van der Waals surface area contributed by atoms with E-state index >= 15 is 0 Å². The molecule has 0 amide bonds. The molecule has 0 radical (unpaired) electrons. The zero-order valence-corrected chi connectivity index (χ0v) is 19.1. The maximum Gasteiger partial charge on any atom is 0.203 e. The number of fused-ring (bicyclic) bond motifs is 2. The van der Waals surface area contributed by atoms with Crippen molar-refractivity contribution in [2.24, 2.45) is 0 Å². The first kappa shape index (κ1) is 21.8. The number of imidazole rings is 1. The molecule has 0 unspecified atom stereocenters. The molecular weight excluding hydrogens is 408 g/mol. The number of para-hydroxylation sites is 2. The van der Waals surface area contributed by atoms with Crippen molar-refractivity contribution in [3.8, 4) is 28.6 Å². The van der Waals surface area contributed by atoms with Gasteiger partial charge in [-0.15, -0.1) is 0 Å². The highest BCUT2D eigenvalue weighted by molar-refractivity contribution is 5.85. The van der Waals surface area contributed by atoms with Crippen LogP contribution in [-0.4, -0.2) is 53.6 Å². The lowest BCUT2D eigenvalue weighted by atomic mass is 10.1. The predicted molar refractivity (Wildman–Crippen MR) is 124 cm³/mol. The van der Waals surface area contributed by atoms with E-state index in [1.54, 1.807) is 21.3 Å². The molecule has 0 saturated carbocycles. The number of ether oxygens (including phenoxy) is 4. The number of nitrogens with zero attached hydrogens (tertiary/aromatic N) is 4. The minimum Gasteiger partial charge on any atom is -0.493 e. The van der Waals surface area contributed by atoms with E-state index in [4.69, 9.17) is 33.9 Å². The summed E-state index contributed by atoms with van der Waals surface area (Å²) in [7, 11) is 4.79. The predicted octanol–water partition coefficient (Wildman–Crippen LogP) is 4.49. The maximum absolute atomic E-state index is 5.75. The van der Waals surface area contributed by atoms with E-state index in [0.29, 0.717) is 36.0 Å². The SMILES string of the molecule is COc1cc(-c2nc3nc4ccccc4nc3n2CCCOC(C)C)cc(OC)c1OC. The monoisotopic (exact) mass is 436 g/mol. The summed E-state index contributed by atoms with van der Waals surface area (Å²) in [6.07, 6.45) is 1.00. The summed E-state index contributed by atoms with van der Waals surface area (Å²) < 4.78 is 24.4. The van der Waals surface area contributed by atoms with Crippen molar-refractivity contribution in [3.05, 3.63) is 36.4 Å². The second-order valence-corrected chi connectivity index (χ2v) is 7.63. The molecule has 0 bridgehead atoms. The van der Waals surface area contributed by atoms with Gasteiger partial charge in [-0.25, -0.2) is 15.0 Å². The molecule has 2 heterocycles. The first-order valence-corrected chi connectivity index (χ1v) is 10.6. The Kier molecular flexibility index (Phi) is 6.41. The van der Waals surface area contributed by atoms with E-state index in [1.165, 1.54) is 0 Å². The largest absolute Gasteiger partial charge is 0.493 e. The fraction of sp³-hybridized carbons (Fsp3) is 0.375. The average molecular weight is 437 g/mol. The van der Waals surface area contributed by atoms with Crippen LogP contribution in [0.1, 0.15) is 20.3 Å². The van der Waals surface area contributed by atoms with Gasteiger partial charge in [0.25, 0.3) is 0 Å². The number of aromatic nitrogens is 4. The van der Waals surface area contributed by atoms with Crippen molar-refractivity contribution in [1.82, 2.24) is 19.5 Å². The Balaban J connectivity index is 1.87. The summed E-state index contributed by atoms with van der Waals surface area (Å²) in [6.45, 7) is 5.40. The van der Waals surface area contributed by atoms with Crippen molar-refractivity contribution in [2.45, 2.75) is 32.9 Å². The van der Waals surface area contributed by atoms with Crippen LogP contribution < -0.4 is 14.2 Å². The Hall–Kier alpha value is -3.39. The Bertz CT molecular complexity index is 1210. The van der Waals surface area contributed by atoms with Gasteiger partial charge in [0.15, 0.2) is 22.8 Å². The minimum absolute atomic E-state index is 0.188. The molecule has 4 rings (SSSR count). The number of rotatable bonds is 9. The molecule has 8 heteroatoms. The summed E-state index contributed by atoms with van der Waals surface area (Å²) >= 11 is 0. The summed E-state index contributed by atoms with van der Waals surface area (Å²) in [6, 6.07) is 11.6. The van der Waals surface area contributed by atoms with Gasteiger partial charge >= 0.3 is 0 Å². The highest BCUT2D eigenvalue weighted by Gasteiger charge is 2.20. The zero-order valence-electron chi connectivity index (χ0n) is 19.1. The van der Waals surface area contributed by atoms with E-state index in [1.807, 2.05) is 50.2 Å². The molecule has 0 N–H and O–H groups in total. The Morgan fingerprint density at radius 2 is 1.53 bits per heavy atom. The molecule has 0 fully saturated rings. The van der Waals surface area contributed by atoms with Crippen molar-refractivity contribution >= 4 is 22.3 Å². The summed E-state index contributed by atoms with van der Waals surface area (Å²) in [5.41, 5.74) is 3.79. The third-order valence-electron chi connectivity index (χ3n) is 5.16. The van der Waals surface area contributed by atoms with E-state index in [2.05, 4.69) is 4.57 Å². The lowest BCUT2D eigenvalue weighted by Gasteiger charge is -2.15. The van der Waals surface area contributed by atoms with Gasteiger partial charge in [-0.1, -0.05) is 12.1 Å². The number of aryl methyl sites for hydroxylation is 1. The summed E-state index contributed by atoms with van der Waals surface area (Å²) in [5.74, 6) is 2.40. The van der Waals surface area contributed by atoms with Gasteiger partial charge in [0.2, 0.25) is 5.75 Å². The highest BCUT2D eigenvalue weighted by atomic mass is 16.5. The van der Waals surface area contributed by atoms with Gasteiger partial charge in [-0.2, -0.15) is 0 Å². The Morgan fingerprint density at radius 3 is 2.12 bits per heavy atom. The molecule has 0 saturated heterocycles. The lowest BCUT2D eigenvalue weighted by Crippen LogP contribution is -2.09. The third kappa shape index (κ3) is 4.18. The van der Waals surface area contributed by atoms with Gasteiger partial charge in [0, 0.05) is 18.7 Å². The molecule has 0 atom stereocenters. The molecule has 4 aromatic rings. The van der Waals surface area contributed by atoms with Gasteiger partial charge in [-0.05, 0) is 44.5 Å². The normalized spacial score (nSPS) is 11.4. The second-order valence-electron chi connectivity index (χ2n) is 7.63. The number of hydrogen-bond acceptors (Lipinski definition) is 7. The van der Waals surface area contributed by atoms with Crippen LogP contribution >= 0.6 is 0 Å². The first-order chi connectivity index (χ1) is 15.5. The van der Waals surface area contributed by atoms with Crippen LogP contribution in [0.5, 0.6) is 17.2 Å². The topological polar surface area (TPSA) is 80.5 Å². The van der Waals surface area contributed by atoms with Crippen LogP contribution in [0, 0.1) is 0 Å². The van der Waals surface area contributed by atoms with Crippen LogP contribution in [0.2, 0.25) is 0 Å². The molecule has 32 heavy (non-hydrogen) atoms. The molecular formula is C24H28N4O4. The molecule has 2 aromatic heterocycles. The zero-order chi connectivity index (χ0) is 22.7. The molecule has 0 spiro atoms. The van der Waals surface area contributed by atoms with Crippen molar-refractivity contribution in [1.29, 1.82) is 0 Å². The van der Waals surface area contributed by atoms with Crippen LogP contribution in [0.4, 0.5) is 0 Å². The smallest absolute Gasteiger partial charge is 0.203 e. The van der Waals surface area contributed by atoms with Gasteiger partial charge in [0.1, 0.15) is 5.82 Å². The number of methoxy groups -OCH3 is 3. The summed E-state index contributed by atoms with van der Waals surface area (Å²) in [4.78, 5) is 14.5. The molecule has 0 aliphatic carbocycles. The average Bonchev–Trinajstić information content (AvgIpc) is 3.16. The van der Waals surface area contributed by atoms with Crippen LogP contribution in [-0.2, 0) is 11.3 Å². The standard InChI is InChI=1S/C24H28N4O4/c1-15(2)32-12-8-11-28-23(16-13-19(29-3)21(31-5)20(14-16)30-4)27-22-24(28)26-18-10-7-6-9-17(18)25-22/h6-7,9-10,13-15H,8,11-12H2,1-5H3. The Labute approximate surface area is 187 Å². The quantitative estimate of drug-likeness (QED) is 0.358. The maximum atomic E-state index is 5.75. The number of benzene rings is 2. The molecule has 0 aliphatic heterocycles.